The molecule has 2 atom stereocenters. The van der Waals surface area contributed by atoms with Gasteiger partial charge in [0.2, 0.25) is 0 Å². The highest BCUT2D eigenvalue weighted by molar-refractivity contribution is 6.37. The summed E-state index contributed by atoms with van der Waals surface area (Å²) in [5.74, 6) is 6.31. The molecule has 1 heterocycles. The normalized spacial score (nSPS) is 23.2. The lowest BCUT2D eigenvalue weighted by Crippen LogP contribution is -2.44. The Balaban J connectivity index is 2.29. The van der Waals surface area contributed by atoms with Crippen molar-refractivity contribution in [2.75, 3.05) is 17.4 Å². The fraction of sp³-hybridized carbons (Fsp3) is 0.583. The number of nitrogens with one attached hydrogen (secondary N) is 1. The van der Waals surface area contributed by atoms with Gasteiger partial charge in [0, 0.05) is 7.05 Å². The van der Waals surface area contributed by atoms with Crippen LogP contribution in [0.4, 0.5) is 11.6 Å². The van der Waals surface area contributed by atoms with E-state index in [9.17, 15) is 5.11 Å². The summed E-state index contributed by atoms with van der Waals surface area (Å²) < 4.78 is 0. The number of pyridine rings is 1. The van der Waals surface area contributed by atoms with E-state index in [2.05, 4.69) is 10.4 Å². The summed E-state index contributed by atoms with van der Waals surface area (Å²) in [4.78, 5) is 6.22. The number of aliphatic hydroxyl groups is 1. The van der Waals surface area contributed by atoms with Crippen LogP contribution in [-0.2, 0) is 0 Å². The summed E-state index contributed by atoms with van der Waals surface area (Å²) in [6.07, 6.45) is 3.52. The summed E-state index contributed by atoms with van der Waals surface area (Å²) in [5, 5.41) is 10.9. The number of hydrogen-bond acceptors (Lipinski definition) is 5. The maximum atomic E-state index is 10.1. The SMILES string of the molecule is CN(c1nc(NN)c(Cl)cc1Cl)C1CCCCC1O. The lowest BCUT2D eigenvalue weighted by atomic mass is 9.91. The molecule has 2 rings (SSSR count). The second-order valence-electron chi connectivity index (χ2n) is 4.80. The molecule has 4 N–H and O–H groups in total. The van der Waals surface area contributed by atoms with Crippen molar-refractivity contribution in [2.45, 2.75) is 37.8 Å². The predicted molar refractivity (Wildman–Crippen MR) is 78.7 cm³/mol. The van der Waals surface area contributed by atoms with Gasteiger partial charge in [-0.2, -0.15) is 0 Å². The molecule has 0 bridgehead atoms. The highest BCUT2D eigenvalue weighted by Gasteiger charge is 2.28. The number of aliphatic hydroxyl groups excluding tert-OH is 1. The first kappa shape index (κ1) is 14.7. The van der Waals surface area contributed by atoms with Crippen LogP contribution in [0.25, 0.3) is 0 Å². The van der Waals surface area contributed by atoms with E-state index >= 15 is 0 Å². The van der Waals surface area contributed by atoms with Crippen molar-refractivity contribution in [3.8, 4) is 0 Å². The van der Waals surface area contributed by atoms with Crippen LogP contribution in [0.5, 0.6) is 0 Å². The van der Waals surface area contributed by atoms with E-state index in [1.165, 1.54) is 0 Å². The summed E-state index contributed by atoms with van der Waals surface area (Å²) in [7, 11) is 1.88. The van der Waals surface area contributed by atoms with Gasteiger partial charge in [0.05, 0.1) is 22.2 Å². The average Bonchev–Trinajstić information content (AvgIpc) is 2.39. The molecule has 0 aromatic carbocycles. The molecular weight excluding hydrogens is 287 g/mol. The van der Waals surface area contributed by atoms with E-state index in [-0.39, 0.29) is 12.1 Å². The van der Waals surface area contributed by atoms with Gasteiger partial charge in [0.25, 0.3) is 0 Å². The lowest BCUT2D eigenvalue weighted by Gasteiger charge is -2.36. The largest absolute Gasteiger partial charge is 0.391 e. The van der Waals surface area contributed by atoms with E-state index in [0.717, 1.165) is 25.7 Å². The molecule has 1 saturated carbocycles. The van der Waals surface area contributed by atoms with Crippen molar-refractivity contribution in [2.24, 2.45) is 5.84 Å². The van der Waals surface area contributed by atoms with Gasteiger partial charge in [-0.25, -0.2) is 10.8 Å². The van der Waals surface area contributed by atoms with Crippen LogP contribution in [0.15, 0.2) is 6.07 Å². The van der Waals surface area contributed by atoms with Crippen molar-refractivity contribution in [1.29, 1.82) is 0 Å². The molecule has 2 unspecified atom stereocenters. The van der Waals surface area contributed by atoms with Crippen LogP contribution >= 0.6 is 23.2 Å². The van der Waals surface area contributed by atoms with Crippen LogP contribution < -0.4 is 16.2 Å². The van der Waals surface area contributed by atoms with Gasteiger partial charge in [-0.15, -0.1) is 0 Å². The maximum Gasteiger partial charge on any atom is 0.161 e. The van der Waals surface area contributed by atoms with Gasteiger partial charge in [-0.3, -0.25) is 0 Å². The number of anilines is 2. The second kappa shape index (κ2) is 6.13. The smallest absolute Gasteiger partial charge is 0.161 e. The predicted octanol–water partition coefficient (Wildman–Crippen LogP) is 2.41. The zero-order valence-electron chi connectivity index (χ0n) is 10.7. The van der Waals surface area contributed by atoms with E-state index in [4.69, 9.17) is 29.0 Å². The average molecular weight is 305 g/mol. The minimum atomic E-state index is -0.360. The Morgan fingerprint density at radius 3 is 2.68 bits per heavy atom. The van der Waals surface area contributed by atoms with Gasteiger partial charge >= 0.3 is 0 Å². The number of rotatable bonds is 3. The lowest BCUT2D eigenvalue weighted by molar-refractivity contribution is 0.106. The highest BCUT2D eigenvalue weighted by Crippen LogP contribution is 2.34. The van der Waals surface area contributed by atoms with Gasteiger partial charge in [-0.1, -0.05) is 36.0 Å². The highest BCUT2D eigenvalue weighted by atomic mass is 35.5. The second-order valence-corrected chi connectivity index (χ2v) is 5.61. The standard InChI is InChI=1S/C12H18Cl2N4O/c1-18(9-4-2-3-5-10(9)19)12-8(14)6-7(13)11(16-12)17-15/h6,9-10,19H,2-5,15H2,1H3,(H,16,17). The third-order valence-electron chi connectivity index (χ3n) is 3.57. The molecule has 1 aromatic heterocycles. The van der Waals surface area contributed by atoms with Crippen LogP contribution in [0.1, 0.15) is 25.7 Å². The number of halogens is 2. The van der Waals surface area contributed by atoms with Crippen LogP contribution in [0.3, 0.4) is 0 Å². The Bertz CT molecular complexity index is 458. The molecule has 19 heavy (non-hydrogen) atoms. The van der Waals surface area contributed by atoms with Crippen molar-refractivity contribution in [3.05, 3.63) is 16.1 Å². The number of likely N-dealkylation sites (N-methyl/N-ethyl adjacent to an activating group) is 1. The quantitative estimate of drug-likeness (QED) is 0.591. The first-order valence-corrected chi connectivity index (χ1v) is 7.03. The summed E-state index contributed by atoms with van der Waals surface area (Å²) >= 11 is 12.1. The van der Waals surface area contributed by atoms with Crippen molar-refractivity contribution in [1.82, 2.24) is 4.98 Å². The molecular formula is C12H18Cl2N4O. The van der Waals surface area contributed by atoms with Crippen molar-refractivity contribution >= 4 is 34.8 Å². The van der Waals surface area contributed by atoms with Crippen LogP contribution in [-0.4, -0.2) is 29.3 Å². The maximum absolute atomic E-state index is 10.1. The Labute approximate surface area is 122 Å². The zero-order valence-corrected chi connectivity index (χ0v) is 12.2. The molecule has 0 amide bonds. The molecule has 1 aromatic rings. The monoisotopic (exact) mass is 304 g/mol. The van der Waals surface area contributed by atoms with Crippen molar-refractivity contribution in [3.63, 3.8) is 0 Å². The first-order valence-electron chi connectivity index (χ1n) is 6.28. The molecule has 7 heteroatoms. The fourth-order valence-corrected chi connectivity index (χ4v) is 3.05. The first-order chi connectivity index (χ1) is 9.04. The topological polar surface area (TPSA) is 74.4 Å². The van der Waals surface area contributed by atoms with Gasteiger partial charge in [0.15, 0.2) is 5.82 Å². The van der Waals surface area contributed by atoms with Crippen LogP contribution in [0, 0.1) is 0 Å². The Morgan fingerprint density at radius 2 is 2.05 bits per heavy atom. The molecule has 0 spiro atoms. The molecule has 5 nitrogen and oxygen atoms in total. The molecule has 0 saturated heterocycles. The number of hydrogen-bond donors (Lipinski definition) is 3. The zero-order chi connectivity index (χ0) is 14.0. The van der Waals surface area contributed by atoms with Gasteiger partial charge < -0.3 is 15.4 Å². The summed E-state index contributed by atoms with van der Waals surface area (Å²) in [6, 6.07) is 1.62. The summed E-state index contributed by atoms with van der Waals surface area (Å²) in [6.45, 7) is 0. The van der Waals surface area contributed by atoms with E-state index in [0.29, 0.717) is 21.7 Å². The number of nitrogen functional groups attached to an aromatic ring is 1. The molecule has 1 aliphatic carbocycles. The molecule has 1 aliphatic rings. The molecule has 1 fully saturated rings. The van der Waals surface area contributed by atoms with E-state index in [1.54, 1.807) is 6.07 Å². The molecule has 106 valence electrons. The number of aromatic nitrogens is 1. The summed E-state index contributed by atoms with van der Waals surface area (Å²) in [5.41, 5.74) is 2.44. The van der Waals surface area contributed by atoms with Crippen LogP contribution in [0.2, 0.25) is 10.0 Å². The minimum Gasteiger partial charge on any atom is -0.391 e. The Morgan fingerprint density at radius 1 is 1.37 bits per heavy atom. The van der Waals surface area contributed by atoms with Crippen molar-refractivity contribution < 1.29 is 5.11 Å². The Hall–Kier alpha value is -0.750. The minimum absolute atomic E-state index is 0.0190. The number of hydrazine groups is 1. The molecule has 0 radical (unpaired) electrons. The van der Waals surface area contributed by atoms with E-state index in [1.807, 2.05) is 11.9 Å². The van der Waals surface area contributed by atoms with Gasteiger partial charge in [-0.05, 0) is 18.9 Å². The third-order valence-corrected chi connectivity index (χ3v) is 4.14. The number of nitrogens with zero attached hydrogens (tertiary/aromatic N) is 2. The Kier molecular flexibility index (Phi) is 4.73. The van der Waals surface area contributed by atoms with Gasteiger partial charge in [0.1, 0.15) is 5.82 Å². The third kappa shape index (κ3) is 3.05. The van der Waals surface area contributed by atoms with E-state index < -0.39 is 0 Å². The molecule has 0 aliphatic heterocycles. The fourth-order valence-electron chi connectivity index (χ4n) is 2.51. The number of nitrogens with two attached hydrogens (primary N) is 1.